The van der Waals surface area contributed by atoms with E-state index in [1.807, 2.05) is 0 Å². The molecule has 0 spiro atoms. The number of nitrogens with zero attached hydrogens (tertiary/aromatic N) is 3. The zero-order valence-electron chi connectivity index (χ0n) is 18.0. The molecule has 12 heteroatoms. The van der Waals surface area contributed by atoms with E-state index in [9.17, 15) is 22.8 Å². The lowest BCUT2D eigenvalue weighted by molar-refractivity contribution is -0.137. The molecule has 3 aromatic rings. The summed E-state index contributed by atoms with van der Waals surface area (Å²) < 4.78 is 56.0. The van der Waals surface area contributed by atoms with Crippen LogP contribution in [0.4, 0.5) is 18.9 Å². The molecular formula is C22H19F3N4O5. The molecular weight excluding hydrogens is 457 g/mol. The van der Waals surface area contributed by atoms with Crippen molar-refractivity contribution < 1.29 is 37.0 Å². The van der Waals surface area contributed by atoms with Crippen molar-refractivity contribution in [3.8, 4) is 17.2 Å². The number of anilines is 1. The second-order valence-corrected chi connectivity index (χ2v) is 6.67. The van der Waals surface area contributed by atoms with Crippen LogP contribution in [0.1, 0.15) is 11.1 Å². The third kappa shape index (κ3) is 6.12. The van der Waals surface area contributed by atoms with Crippen LogP contribution >= 0.6 is 0 Å². The number of carbonyl (C=O) groups is 2. The normalized spacial score (nSPS) is 11.3. The van der Waals surface area contributed by atoms with Crippen LogP contribution in [0.25, 0.3) is 11.8 Å². The Bertz CT molecular complexity index is 1190. The number of hydrogen-bond acceptors (Lipinski definition) is 7. The van der Waals surface area contributed by atoms with Crippen molar-refractivity contribution >= 4 is 23.6 Å². The number of amides is 1. The van der Waals surface area contributed by atoms with Crippen LogP contribution in [0.2, 0.25) is 0 Å². The van der Waals surface area contributed by atoms with E-state index in [1.165, 1.54) is 55.8 Å². The first-order chi connectivity index (χ1) is 16.2. The van der Waals surface area contributed by atoms with Crippen molar-refractivity contribution in [1.82, 2.24) is 14.8 Å². The van der Waals surface area contributed by atoms with Gasteiger partial charge in [0.25, 0.3) is 5.91 Å². The summed E-state index contributed by atoms with van der Waals surface area (Å²) in [7, 11) is 2.65. The first-order valence-electron chi connectivity index (χ1n) is 9.64. The number of aromatic nitrogens is 3. The summed E-state index contributed by atoms with van der Waals surface area (Å²) in [5, 5.41) is 6.31. The number of ether oxygens (including phenoxy) is 3. The van der Waals surface area contributed by atoms with Crippen LogP contribution in [-0.2, 0) is 20.5 Å². The molecule has 1 heterocycles. The monoisotopic (exact) mass is 476 g/mol. The van der Waals surface area contributed by atoms with Gasteiger partial charge in [0.05, 0.1) is 31.2 Å². The van der Waals surface area contributed by atoms with Gasteiger partial charge < -0.3 is 19.5 Å². The predicted octanol–water partition coefficient (Wildman–Crippen LogP) is 3.50. The highest BCUT2D eigenvalue weighted by Crippen LogP contribution is 2.33. The lowest BCUT2D eigenvalue weighted by Crippen LogP contribution is -2.22. The van der Waals surface area contributed by atoms with Gasteiger partial charge in [-0.1, -0.05) is 6.07 Å². The molecule has 3 rings (SSSR count). The summed E-state index contributed by atoms with van der Waals surface area (Å²) in [6.45, 7) is -0.513. The molecule has 1 aromatic heterocycles. The third-order valence-electron chi connectivity index (χ3n) is 4.42. The number of benzene rings is 2. The second-order valence-electron chi connectivity index (χ2n) is 6.67. The molecule has 0 aliphatic heterocycles. The number of esters is 1. The van der Waals surface area contributed by atoms with Gasteiger partial charge in [-0.2, -0.15) is 18.3 Å². The van der Waals surface area contributed by atoms with E-state index in [0.29, 0.717) is 5.56 Å². The van der Waals surface area contributed by atoms with E-state index >= 15 is 0 Å². The number of alkyl halides is 3. The zero-order chi connectivity index (χ0) is 24.7. The lowest BCUT2D eigenvalue weighted by atomic mass is 10.1. The van der Waals surface area contributed by atoms with Gasteiger partial charge in [0.15, 0.2) is 18.1 Å². The maximum absolute atomic E-state index is 13.2. The molecule has 0 saturated carbocycles. The average Bonchev–Trinajstić information content (AvgIpc) is 3.35. The summed E-state index contributed by atoms with van der Waals surface area (Å²) in [5.74, 6) is -0.746. The minimum atomic E-state index is -4.60. The van der Waals surface area contributed by atoms with Gasteiger partial charge in [0.1, 0.15) is 12.7 Å². The third-order valence-corrected chi connectivity index (χ3v) is 4.42. The minimum absolute atomic E-state index is 0.121. The van der Waals surface area contributed by atoms with E-state index in [0.717, 1.165) is 12.1 Å². The SMILES string of the molecule is COC(=O)/C=C/c1ccc(OCC(=O)Nc2cc(C(F)(F)F)ccc2-n2cncn2)c(OC)c1. The van der Waals surface area contributed by atoms with Crippen LogP contribution < -0.4 is 14.8 Å². The molecule has 0 bridgehead atoms. The van der Waals surface area contributed by atoms with Crippen molar-refractivity contribution in [2.24, 2.45) is 0 Å². The lowest BCUT2D eigenvalue weighted by Gasteiger charge is -2.15. The summed E-state index contributed by atoms with van der Waals surface area (Å²) in [6.07, 6.45) is 0.626. The van der Waals surface area contributed by atoms with Crippen molar-refractivity contribution in [2.45, 2.75) is 6.18 Å². The Kier molecular flexibility index (Phi) is 7.51. The van der Waals surface area contributed by atoms with E-state index in [4.69, 9.17) is 9.47 Å². The first-order valence-corrected chi connectivity index (χ1v) is 9.64. The Morgan fingerprint density at radius 3 is 2.56 bits per heavy atom. The van der Waals surface area contributed by atoms with Crippen LogP contribution in [0.5, 0.6) is 11.5 Å². The van der Waals surface area contributed by atoms with Gasteiger partial charge >= 0.3 is 12.1 Å². The van der Waals surface area contributed by atoms with Crippen LogP contribution in [0, 0.1) is 0 Å². The van der Waals surface area contributed by atoms with Gasteiger partial charge in [0, 0.05) is 6.08 Å². The van der Waals surface area contributed by atoms with Gasteiger partial charge in [-0.25, -0.2) is 14.5 Å². The fraction of sp³-hybridized carbons (Fsp3) is 0.182. The molecule has 9 nitrogen and oxygen atoms in total. The molecule has 0 unspecified atom stereocenters. The van der Waals surface area contributed by atoms with E-state index in [-0.39, 0.29) is 22.9 Å². The number of halogens is 3. The number of hydrogen-bond donors (Lipinski definition) is 1. The van der Waals surface area contributed by atoms with E-state index in [2.05, 4.69) is 20.1 Å². The number of rotatable bonds is 8. The fourth-order valence-electron chi connectivity index (χ4n) is 2.81. The number of methoxy groups -OCH3 is 2. The zero-order valence-corrected chi connectivity index (χ0v) is 18.0. The highest BCUT2D eigenvalue weighted by Gasteiger charge is 2.31. The number of nitrogens with one attached hydrogen (secondary N) is 1. The van der Waals surface area contributed by atoms with Crippen molar-refractivity contribution in [3.63, 3.8) is 0 Å². The van der Waals surface area contributed by atoms with Crippen molar-refractivity contribution in [2.75, 3.05) is 26.1 Å². The maximum atomic E-state index is 13.2. The largest absolute Gasteiger partial charge is 0.493 e. The van der Waals surface area contributed by atoms with Gasteiger partial charge in [0.2, 0.25) is 0 Å². The quantitative estimate of drug-likeness (QED) is 0.392. The average molecular weight is 476 g/mol. The highest BCUT2D eigenvalue weighted by molar-refractivity contribution is 5.94. The first kappa shape index (κ1) is 24.3. The Labute approximate surface area is 191 Å². The Balaban J connectivity index is 1.75. The molecule has 0 fully saturated rings. The molecule has 34 heavy (non-hydrogen) atoms. The topological polar surface area (TPSA) is 105 Å². The Morgan fingerprint density at radius 1 is 1.12 bits per heavy atom. The van der Waals surface area contributed by atoms with E-state index < -0.39 is 30.2 Å². The second kappa shape index (κ2) is 10.5. The summed E-state index contributed by atoms with van der Waals surface area (Å²) in [4.78, 5) is 27.5. The van der Waals surface area contributed by atoms with E-state index in [1.54, 1.807) is 12.1 Å². The molecule has 0 aliphatic rings. The van der Waals surface area contributed by atoms with Crippen LogP contribution in [-0.4, -0.2) is 47.5 Å². The van der Waals surface area contributed by atoms with Crippen molar-refractivity contribution in [1.29, 1.82) is 0 Å². The smallest absolute Gasteiger partial charge is 0.416 e. The molecule has 1 amide bonds. The maximum Gasteiger partial charge on any atom is 0.416 e. The van der Waals surface area contributed by atoms with Crippen LogP contribution in [0.3, 0.4) is 0 Å². The molecule has 0 aliphatic carbocycles. The molecule has 2 aromatic carbocycles. The summed E-state index contributed by atoms with van der Waals surface area (Å²) in [5.41, 5.74) is -0.257. The van der Waals surface area contributed by atoms with Gasteiger partial charge in [-0.15, -0.1) is 0 Å². The predicted molar refractivity (Wildman–Crippen MR) is 115 cm³/mol. The fourth-order valence-corrected chi connectivity index (χ4v) is 2.81. The summed E-state index contributed by atoms with van der Waals surface area (Å²) in [6, 6.07) is 7.57. The molecule has 1 N–H and O–H groups in total. The van der Waals surface area contributed by atoms with Gasteiger partial charge in [-0.3, -0.25) is 4.79 Å². The standard InChI is InChI=1S/C22H19F3N4O5/c1-32-19-9-14(4-8-21(31)33-2)3-7-18(19)34-11-20(30)28-16-10-15(22(23,24)25)5-6-17(16)29-13-26-12-27-29/h3-10,12-13H,11H2,1-2H3,(H,28,30)/b8-4+. The van der Waals surface area contributed by atoms with Crippen molar-refractivity contribution in [3.05, 3.63) is 66.3 Å². The number of carbonyl (C=O) groups excluding carboxylic acids is 2. The molecule has 0 atom stereocenters. The Hall–Kier alpha value is -4.35. The van der Waals surface area contributed by atoms with Crippen LogP contribution in [0.15, 0.2) is 55.1 Å². The highest BCUT2D eigenvalue weighted by atomic mass is 19.4. The summed E-state index contributed by atoms with van der Waals surface area (Å²) >= 11 is 0. The molecule has 178 valence electrons. The molecule has 0 saturated heterocycles. The molecule has 0 radical (unpaired) electrons. The minimum Gasteiger partial charge on any atom is -0.493 e. The Morgan fingerprint density at radius 2 is 1.91 bits per heavy atom. The van der Waals surface area contributed by atoms with Gasteiger partial charge in [-0.05, 0) is 42.0 Å².